The van der Waals surface area contributed by atoms with Crippen molar-refractivity contribution in [3.05, 3.63) is 64.2 Å². The molecule has 0 aliphatic carbocycles. The van der Waals surface area contributed by atoms with Crippen LogP contribution in [0.2, 0.25) is 5.02 Å². The van der Waals surface area contributed by atoms with Crippen LogP contribution >= 0.6 is 11.6 Å². The second kappa shape index (κ2) is 5.36. The first kappa shape index (κ1) is 13.5. The topological polar surface area (TPSA) is 29.1 Å². The van der Waals surface area contributed by atoms with E-state index in [-0.39, 0.29) is 16.3 Å². The van der Waals surface area contributed by atoms with Crippen LogP contribution in [-0.2, 0) is 0 Å². The Hall–Kier alpha value is -1.94. The first-order valence-electron chi connectivity index (χ1n) is 5.51. The largest absolute Gasteiger partial charge is 0.318 e. The van der Waals surface area contributed by atoms with Crippen LogP contribution < -0.4 is 5.32 Å². The number of amides is 1. The number of rotatable bonds is 2. The Morgan fingerprint density at radius 3 is 2.53 bits per heavy atom. The maximum Gasteiger partial charge on any atom is 0.258 e. The van der Waals surface area contributed by atoms with E-state index >= 15 is 0 Å². The standard InChI is InChI=1S/C14H10ClF2NO/c1-8-4-2-5-9(12(8)17)14(19)18-13-10(15)6-3-7-11(13)16/h2-7H,1H3,(H,18,19). The molecule has 2 nitrogen and oxygen atoms in total. The maximum atomic E-state index is 13.8. The summed E-state index contributed by atoms with van der Waals surface area (Å²) in [6.07, 6.45) is 0. The van der Waals surface area contributed by atoms with Gasteiger partial charge in [0, 0.05) is 0 Å². The zero-order valence-electron chi connectivity index (χ0n) is 10.0. The van der Waals surface area contributed by atoms with E-state index in [1.54, 1.807) is 19.1 Å². The van der Waals surface area contributed by atoms with Crippen molar-refractivity contribution in [3.63, 3.8) is 0 Å². The van der Waals surface area contributed by atoms with Gasteiger partial charge in [0.2, 0.25) is 0 Å². The fraction of sp³-hybridized carbons (Fsp3) is 0.0714. The first-order valence-corrected chi connectivity index (χ1v) is 5.89. The van der Waals surface area contributed by atoms with Crippen molar-refractivity contribution in [1.82, 2.24) is 0 Å². The van der Waals surface area contributed by atoms with E-state index < -0.39 is 17.5 Å². The minimum Gasteiger partial charge on any atom is -0.318 e. The number of hydrogen-bond donors (Lipinski definition) is 1. The molecule has 0 aromatic heterocycles. The quantitative estimate of drug-likeness (QED) is 0.879. The van der Waals surface area contributed by atoms with Crippen LogP contribution in [0.5, 0.6) is 0 Å². The molecule has 0 bridgehead atoms. The predicted molar refractivity (Wildman–Crippen MR) is 70.5 cm³/mol. The smallest absolute Gasteiger partial charge is 0.258 e. The van der Waals surface area contributed by atoms with E-state index in [2.05, 4.69) is 5.32 Å². The minimum atomic E-state index is -0.742. The van der Waals surface area contributed by atoms with Crippen LogP contribution in [0.3, 0.4) is 0 Å². The Morgan fingerprint density at radius 1 is 1.16 bits per heavy atom. The van der Waals surface area contributed by atoms with Crippen molar-refractivity contribution in [2.75, 3.05) is 5.32 Å². The molecular weight excluding hydrogens is 272 g/mol. The van der Waals surface area contributed by atoms with Gasteiger partial charge < -0.3 is 5.32 Å². The third-order valence-corrected chi connectivity index (χ3v) is 2.95. The second-order valence-corrected chi connectivity index (χ2v) is 4.39. The highest BCUT2D eigenvalue weighted by Gasteiger charge is 2.16. The maximum absolute atomic E-state index is 13.8. The summed E-state index contributed by atoms with van der Waals surface area (Å²) < 4.78 is 27.3. The summed E-state index contributed by atoms with van der Waals surface area (Å²) >= 11 is 5.78. The summed E-state index contributed by atoms with van der Waals surface area (Å²) in [5, 5.41) is 2.33. The van der Waals surface area contributed by atoms with Crippen molar-refractivity contribution >= 4 is 23.2 Å². The minimum absolute atomic E-state index is 0.0569. The Labute approximate surface area is 114 Å². The van der Waals surface area contributed by atoms with E-state index in [0.29, 0.717) is 5.56 Å². The lowest BCUT2D eigenvalue weighted by Gasteiger charge is -2.09. The number of hydrogen-bond acceptors (Lipinski definition) is 1. The first-order chi connectivity index (χ1) is 9.00. The molecule has 2 aromatic carbocycles. The van der Waals surface area contributed by atoms with E-state index in [1.807, 2.05) is 0 Å². The van der Waals surface area contributed by atoms with Gasteiger partial charge in [0.05, 0.1) is 16.3 Å². The van der Waals surface area contributed by atoms with Crippen LogP contribution in [0.25, 0.3) is 0 Å². The Morgan fingerprint density at radius 2 is 1.84 bits per heavy atom. The average molecular weight is 282 g/mol. The fourth-order valence-corrected chi connectivity index (χ4v) is 1.83. The van der Waals surface area contributed by atoms with Crippen LogP contribution in [-0.4, -0.2) is 5.91 Å². The molecule has 98 valence electrons. The molecule has 5 heteroatoms. The number of para-hydroxylation sites is 1. The monoisotopic (exact) mass is 281 g/mol. The van der Waals surface area contributed by atoms with E-state index in [0.717, 1.165) is 6.07 Å². The number of anilines is 1. The Kier molecular flexibility index (Phi) is 3.81. The highest BCUT2D eigenvalue weighted by Crippen LogP contribution is 2.25. The number of halogens is 3. The molecule has 19 heavy (non-hydrogen) atoms. The number of carbonyl (C=O) groups excluding carboxylic acids is 1. The van der Waals surface area contributed by atoms with Crippen molar-refractivity contribution in [3.8, 4) is 0 Å². The van der Waals surface area contributed by atoms with Crippen LogP contribution in [0, 0.1) is 18.6 Å². The summed E-state index contributed by atoms with van der Waals surface area (Å²) in [7, 11) is 0. The molecule has 2 rings (SSSR count). The highest BCUT2D eigenvalue weighted by molar-refractivity contribution is 6.34. The summed E-state index contributed by atoms with van der Waals surface area (Å²) in [5.41, 5.74) is 0.0293. The molecule has 1 amide bonds. The zero-order valence-corrected chi connectivity index (χ0v) is 10.8. The van der Waals surface area contributed by atoms with Crippen LogP contribution in [0.1, 0.15) is 15.9 Å². The van der Waals surface area contributed by atoms with Gasteiger partial charge in [-0.25, -0.2) is 8.78 Å². The highest BCUT2D eigenvalue weighted by atomic mass is 35.5. The third-order valence-electron chi connectivity index (χ3n) is 2.64. The van der Waals surface area contributed by atoms with Crippen LogP contribution in [0.4, 0.5) is 14.5 Å². The molecule has 0 aliphatic heterocycles. The normalized spacial score (nSPS) is 10.3. The molecular formula is C14H10ClF2NO. The molecule has 0 aliphatic rings. The lowest BCUT2D eigenvalue weighted by Crippen LogP contribution is -2.15. The van der Waals surface area contributed by atoms with Gasteiger partial charge in [-0.2, -0.15) is 0 Å². The summed E-state index contributed by atoms with van der Waals surface area (Å²) in [4.78, 5) is 11.9. The molecule has 0 unspecified atom stereocenters. The second-order valence-electron chi connectivity index (χ2n) is 3.99. The van der Waals surface area contributed by atoms with Gasteiger partial charge in [0.1, 0.15) is 11.6 Å². The number of aryl methyl sites for hydroxylation is 1. The Balaban J connectivity index is 2.34. The number of benzene rings is 2. The molecule has 0 fully saturated rings. The average Bonchev–Trinajstić information content (AvgIpc) is 2.37. The Bertz CT molecular complexity index is 623. The molecule has 0 atom stereocenters. The molecule has 0 saturated carbocycles. The van der Waals surface area contributed by atoms with E-state index in [9.17, 15) is 13.6 Å². The number of carbonyl (C=O) groups is 1. The van der Waals surface area contributed by atoms with Gasteiger partial charge in [0.15, 0.2) is 0 Å². The van der Waals surface area contributed by atoms with Crippen molar-refractivity contribution in [1.29, 1.82) is 0 Å². The van der Waals surface area contributed by atoms with Gasteiger partial charge in [-0.3, -0.25) is 4.79 Å². The van der Waals surface area contributed by atoms with Gasteiger partial charge in [-0.05, 0) is 30.7 Å². The van der Waals surface area contributed by atoms with Crippen molar-refractivity contribution < 1.29 is 13.6 Å². The molecule has 0 heterocycles. The van der Waals surface area contributed by atoms with Crippen molar-refractivity contribution in [2.45, 2.75) is 6.92 Å². The lowest BCUT2D eigenvalue weighted by atomic mass is 10.1. The molecule has 2 aromatic rings. The van der Waals surface area contributed by atoms with Gasteiger partial charge >= 0.3 is 0 Å². The van der Waals surface area contributed by atoms with Gasteiger partial charge in [0.25, 0.3) is 5.91 Å². The molecule has 1 N–H and O–H groups in total. The fourth-order valence-electron chi connectivity index (χ4n) is 1.62. The van der Waals surface area contributed by atoms with Crippen molar-refractivity contribution in [2.24, 2.45) is 0 Å². The summed E-state index contributed by atoms with van der Waals surface area (Å²) in [6.45, 7) is 1.54. The third kappa shape index (κ3) is 2.74. The SMILES string of the molecule is Cc1cccc(C(=O)Nc2c(F)cccc2Cl)c1F. The van der Waals surface area contributed by atoms with Gasteiger partial charge in [-0.1, -0.05) is 29.8 Å². The van der Waals surface area contributed by atoms with Gasteiger partial charge in [-0.15, -0.1) is 0 Å². The van der Waals surface area contributed by atoms with E-state index in [1.165, 1.54) is 18.2 Å². The summed E-state index contributed by atoms with van der Waals surface area (Å²) in [5.74, 6) is -2.05. The van der Waals surface area contributed by atoms with E-state index in [4.69, 9.17) is 11.6 Å². The molecule has 0 spiro atoms. The predicted octanol–water partition coefficient (Wildman–Crippen LogP) is 4.18. The van der Waals surface area contributed by atoms with Crippen LogP contribution in [0.15, 0.2) is 36.4 Å². The number of nitrogens with one attached hydrogen (secondary N) is 1. The molecule has 0 radical (unpaired) electrons. The zero-order chi connectivity index (χ0) is 14.0. The summed E-state index contributed by atoms with van der Waals surface area (Å²) in [6, 6.07) is 8.44. The lowest BCUT2D eigenvalue weighted by molar-refractivity contribution is 0.102. The molecule has 0 saturated heterocycles.